The number of ether oxygens (including phenoxy) is 1. The minimum absolute atomic E-state index is 0.00196. The van der Waals surface area contributed by atoms with Crippen LogP contribution in [0, 0.1) is 0 Å². The van der Waals surface area contributed by atoms with Gasteiger partial charge in [-0.1, -0.05) is 42.1 Å². The Labute approximate surface area is 148 Å². The van der Waals surface area contributed by atoms with Crippen LogP contribution in [0.3, 0.4) is 0 Å². The van der Waals surface area contributed by atoms with E-state index >= 15 is 0 Å². The fraction of sp³-hybridized carbons (Fsp3) is 0.312. The van der Waals surface area contributed by atoms with Crippen molar-refractivity contribution in [3.05, 3.63) is 35.9 Å². The molecule has 0 bridgehead atoms. The minimum atomic E-state index is -0.145. The highest BCUT2D eigenvalue weighted by Crippen LogP contribution is 2.26. The number of thioether (sulfide) groups is 1. The normalized spacial score (nSPS) is 11.2. The van der Waals surface area contributed by atoms with Crippen molar-refractivity contribution >= 4 is 28.7 Å². The predicted octanol–water partition coefficient (Wildman–Crippen LogP) is 1.26. The average Bonchev–Trinajstić information content (AvgIpc) is 2.92. The summed E-state index contributed by atoms with van der Waals surface area (Å²) in [5.74, 6) is 0.856. The zero-order chi connectivity index (χ0) is 17.6. The summed E-state index contributed by atoms with van der Waals surface area (Å²) in [5.41, 5.74) is 7.86. The van der Waals surface area contributed by atoms with Crippen molar-refractivity contribution in [1.82, 2.24) is 19.5 Å². The molecule has 0 aliphatic heterocycles. The summed E-state index contributed by atoms with van der Waals surface area (Å²) in [6.07, 6.45) is 0. The fourth-order valence-electron chi connectivity index (χ4n) is 2.32. The van der Waals surface area contributed by atoms with E-state index in [2.05, 4.69) is 15.0 Å². The number of fused-ring (bicyclic) bond motifs is 1. The molecule has 9 heteroatoms. The van der Waals surface area contributed by atoms with Crippen LogP contribution in [-0.2, 0) is 11.3 Å². The quantitative estimate of drug-likeness (QED) is 0.312. The lowest BCUT2D eigenvalue weighted by Gasteiger charge is -2.07. The molecule has 0 aliphatic rings. The molecule has 0 unspecified atom stereocenters. The molecule has 0 fully saturated rings. The molecule has 0 radical (unpaired) electrons. The number of rotatable bonds is 8. The van der Waals surface area contributed by atoms with Gasteiger partial charge in [0.15, 0.2) is 22.1 Å². The molecular weight excluding hydrogens is 342 g/mol. The highest BCUT2D eigenvalue weighted by atomic mass is 32.2. The first-order valence-electron chi connectivity index (χ1n) is 7.77. The van der Waals surface area contributed by atoms with Gasteiger partial charge in [0, 0.05) is 5.75 Å². The van der Waals surface area contributed by atoms with Gasteiger partial charge in [-0.25, -0.2) is 9.97 Å². The molecule has 0 atom stereocenters. The second-order valence-corrected chi connectivity index (χ2v) is 6.29. The molecule has 1 aromatic carbocycles. The van der Waals surface area contributed by atoms with Gasteiger partial charge in [0.2, 0.25) is 0 Å². The first kappa shape index (κ1) is 17.5. The van der Waals surface area contributed by atoms with Crippen molar-refractivity contribution in [3.8, 4) is 6.01 Å². The molecule has 3 aromatic rings. The Morgan fingerprint density at radius 1 is 1.12 bits per heavy atom. The number of anilines is 1. The summed E-state index contributed by atoms with van der Waals surface area (Å²) < 4.78 is 6.82. The number of aliphatic hydroxyl groups excluding tert-OH is 1. The van der Waals surface area contributed by atoms with Crippen LogP contribution < -0.4 is 5.73 Å². The second-order valence-electron chi connectivity index (χ2n) is 5.23. The molecule has 0 spiro atoms. The SMILES string of the molecule is Nc1nc(SCCOCCO)nc2c1nc(O)n2Cc1ccccc1. The van der Waals surface area contributed by atoms with E-state index in [0.717, 1.165) is 5.56 Å². The van der Waals surface area contributed by atoms with Gasteiger partial charge >= 0.3 is 0 Å². The first-order chi connectivity index (χ1) is 12.2. The van der Waals surface area contributed by atoms with Crippen molar-refractivity contribution in [2.24, 2.45) is 0 Å². The minimum Gasteiger partial charge on any atom is -0.480 e. The van der Waals surface area contributed by atoms with Crippen LogP contribution in [0.2, 0.25) is 0 Å². The molecule has 8 nitrogen and oxygen atoms in total. The molecule has 4 N–H and O–H groups in total. The number of hydrogen-bond acceptors (Lipinski definition) is 8. The molecule has 0 amide bonds. The molecule has 0 aliphatic carbocycles. The Balaban J connectivity index is 1.83. The zero-order valence-electron chi connectivity index (χ0n) is 13.5. The van der Waals surface area contributed by atoms with Gasteiger partial charge in [0.25, 0.3) is 6.01 Å². The Morgan fingerprint density at radius 3 is 2.68 bits per heavy atom. The van der Waals surface area contributed by atoms with Gasteiger partial charge in [0.05, 0.1) is 26.4 Å². The molecule has 25 heavy (non-hydrogen) atoms. The maximum atomic E-state index is 10.2. The predicted molar refractivity (Wildman–Crippen MR) is 95.6 cm³/mol. The number of aliphatic hydroxyl groups is 1. The maximum absolute atomic E-state index is 10.2. The highest BCUT2D eigenvalue weighted by Gasteiger charge is 2.16. The van der Waals surface area contributed by atoms with Crippen LogP contribution in [-0.4, -0.2) is 55.3 Å². The molecule has 0 saturated carbocycles. The van der Waals surface area contributed by atoms with Gasteiger partial charge in [-0.05, 0) is 5.56 Å². The summed E-state index contributed by atoms with van der Waals surface area (Å²) in [6.45, 7) is 1.21. The van der Waals surface area contributed by atoms with Gasteiger partial charge in [-0.15, -0.1) is 0 Å². The largest absolute Gasteiger partial charge is 0.480 e. The Hall–Kier alpha value is -2.36. The lowest BCUT2D eigenvalue weighted by molar-refractivity contribution is 0.103. The lowest BCUT2D eigenvalue weighted by Crippen LogP contribution is -2.05. The number of imidazole rings is 1. The third-order valence-electron chi connectivity index (χ3n) is 3.46. The summed E-state index contributed by atoms with van der Waals surface area (Å²) in [6, 6.07) is 9.58. The van der Waals surface area contributed by atoms with Crippen molar-refractivity contribution in [1.29, 1.82) is 0 Å². The molecular formula is C16H19N5O3S. The first-order valence-corrected chi connectivity index (χ1v) is 8.75. The van der Waals surface area contributed by atoms with Crippen molar-refractivity contribution < 1.29 is 14.9 Å². The van der Waals surface area contributed by atoms with E-state index in [1.54, 1.807) is 4.57 Å². The highest BCUT2D eigenvalue weighted by molar-refractivity contribution is 7.99. The third-order valence-corrected chi connectivity index (χ3v) is 4.27. The number of nitrogens with two attached hydrogens (primary N) is 1. The van der Waals surface area contributed by atoms with E-state index in [9.17, 15) is 5.11 Å². The number of nitrogen functional groups attached to an aromatic ring is 1. The van der Waals surface area contributed by atoms with E-state index < -0.39 is 0 Å². The molecule has 132 valence electrons. The lowest BCUT2D eigenvalue weighted by atomic mass is 10.2. The third kappa shape index (κ3) is 4.19. The van der Waals surface area contributed by atoms with Crippen LogP contribution in [0.1, 0.15) is 5.56 Å². The Bertz CT molecular complexity index is 841. The van der Waals surface area contributed by atoms with Crippen molar-refractivity contribution in [3.63, 3.8) is 0 Å². The average molecular weight is 361 g/mol. The Kier molecular flexibility index (Phi) is 5.69. The zero-order valence-corrected chi connectivity index (χ0v) is 14.3. The van der Waals surface area contributed by atoms with Crippen LogP contribution in [0.4, 0.5) is 5.82 Å². The van der Waals surface area contributed by atoms with Crippen LogP contribution in [0.5, 0.6) is 6.01 Å². The van der Waals surface area contributed by atoms with E-state index in [-0.39, 0.29) is 18.4 Å². The van der Waals surface area contributed by atoms with Gasteiger partial charge in [-0.2, -0.15) is 4.98 Å². The van der Waals surface area contributed by atoms with E-state index in [1.807, 2.05) is 30.3 Å². The molecule has 0 saturated heterocycles. The van der Waals surface area contributed by atoms with Crippen molar-refractivity contribution in [2.45, 2.75) is 11.7 Å². The number of aromatic nitrogens is 4. The van der Waals surface area contributed by atoms with Gasteiger partial charge in [0.1, 0.15) is 0 Å². The van der Waals surface area contributed by atoms with E-state index in [0.29, 0.717) is 41.8 Å². The summed E-state index contributed by atoms with van der Waals surface area (Å²) in [4.78, 5) is 12.8. The standard InChI is InChI=1S/C16H19N5O3S/c17-13-12-14(20-15(19-13)25-9-8-24-7-6-22)21(16(23)18-12)10-11-4-2-1-3-5-11/h1-5,22H,6-10H2,(H,18,23)(H2,17,19,20). The van der Waals surface area contributed by atoms with Crippen LogP contribution >= 0.6 is 11.8 Å². The van der Waals surface area contributed by atoms with Crippen LogP contribution in [0.15, 0.2) is 35.5 Å². The van der Waals surface area contributed by atoms with Gasteiger partial charge in [-0.3, -0.25) is 4.57 Å². The van der Waals surface area contributed by atoms with Crippen molar-refractivity contribution in [2.75, 3.05) is 31.3 Å². The monoisotopic (exact) mass is 361 g/mol. The molecule has 2 heterocycles. The summed E-state index contributed by atoms with van der Waals surface area (Å²) >= 11 is 1.39. The Morgan fingerprint density at radius 2 is 1.92 bits per heavy atom. The maximum Gasteiger partial charge on any atom is 0.296 e. The topological polar surface area (TPSA) is 119 Å². The number of aromatic hydroxyl groups is 1. The number of nitrogens with zero attached hydrogens (tertiary/aromatic N) is 4. The number of hydrogen-bond donors (Lipinski definition) is 3. The van der Waals surface area contributed by atoms with Gasteiger partial charge < -0.3 is 20.7 Å². The van der Waals surface area contributed by atoms with E-state index in [4.69, 9.17) is 15.6 Å². The number of benzene rings is 1. The molecule has 3 rings (SSSR count). The second kappa shape index (κ2) is 8.15. The summed E-state index contributed by atoms with van der Waals surface area (Å²) in [5, 5.41) is 19.3. The summed E-state index contributed by atoms with van der Waals surface area (Å²) in [7, 11) is 0. The van der Waals surface area contributed by atoms with E-state index in [1.165, 1.54) is 11.8 Å². The van der Waals surface area contributed by atoms with Crippen LogP contribution in [0.25, 0.3) is 11.2 Å². The smallest absolute Gasteiger partial charge is 0.296 e. The fourth-order valence-corrected chi connectivity index (χ4v) is 3.02. The molecule has 2 aromatic heterocycles.